The Kier molecular flexibility index (Phi) is 6.36. The number of carbonyl (C=O) groups is 1. The fraction of sp³-hybridized carbons (Fsp3) is 0.200. The summed E-state index contributed by atoms with van der Waals surface area (Å²) in [5.74, 6) is 1.18. The van der Waals surface area contributed by atoms with Gasteiger partial charge in [0, 0.05) is 53.0 Å². The fourth-order valence-corrected chi connectivity index (χ4v) is 5.18. The smallest absolute Gasteiger partial charge is 0.286 e. The maximum atomic E-state index is 12.5. The van der Waals surface area contributed by atoms with Gasteiger partial charge < -0.3 is 14.2 Å². The molecule has 5 rings (SSSR count). The lowest BCUT2D eigenvalue weighted by Gasteiger charge is -2.36. The van der Waals surface area contributed by atoms with Gasteiger partial charge in [0.1, 0.15) is 11.5 Å². The van der Waals surface area contributed by atoms with E-state index in [0.29, 0.717) is 10.7 Å². The number of benzene rings is 2. The second-order valence-electron chi connectivity index (χ2n) is 7.93. The Labute approximate surface area is 210 Å². The Morgan fingerprint density at radius 1 is 1.03 bits per heavy atom. The first-order chi connectivity index (χ1) is 16.0. The lowest BCUT2D eigenvalue weighted by Crippen LogP contribution is -2.47. The molecule has 2 aliphatic heterocycles. The first-order valence-electron chi connectivity index (χ1n) is 10.6. The minimum Gasteiger partial charge on any atom is -0.457 e. The van der Waals surface area contributed by atoms with Crippen molar-refractivity contribution in [2.75, 3.05) is 31.1 Å². The molecule has 8 heteroatoms. The van der Waals surface area contributed by atoms with Crippen LogP contribution in [0.25, 0.3) is 17.4 Å². The molecule has 0 aliphatic carbocycles. The number of piperazine rings is 1. The molecule has 3 heterocycles. The summed E-state index contributed by atoms with van der Waals surface area (Å²) >= 11 is 11.1. The number of furan rings is 1. The van der Waals surface area contributed by atoms with E-state index in [1.165, 1.54) is 11.8 Å². The van der Waals surface area contributed by atoms with Gasteiger partial charge in [-0.25, -0.2) is 0 Å². The van der Waals surface area contributed by atoms with Crippen molar-refractivity contribution in [3.05, 3.63) is 80.3 Å². The van der Waals surface area contributed by atoms with Gasteiger partial charge in [-0.1, -0.05) is 45.7 Å². The third-order valence-electron chi connectivity index (χ3n) is 5.71. The molecule has 0 N–H and O–H groups in total. The van der Waals surface area contributed by atoms with E-state index in [-0.39, 0.29) is 5.91 Å². The molecule has 5 nitrogen and oxygen atoms in total. The third-order valence-corrected chi connectivity index (χ3v) is 7.69. The number of anilines is 1. The van der Waals surface area contributed by atoms with E-state index >= 15 is 0 Å². The van der Waals surface area contributed by atoms with Crippen molar-refractivity contribution >= 4 is 62.1 Å². The van der Waals surface area contributed by atoms with Gasteiger partial charge in [-0.05, 0) is 60.6 Å². The predicted molar refractivity (Wildman–Crippen MR) is 140 cm³/mol. The SMILES string of the molecule is Cc1ccc(N2CCN(C3=NC(=O)C(=Cc4ccc(-c5ccc(Br)cc5)o4)S3)CC2)cc1Cl. The summed E-state index contributed by atoms with van der Waals surface area (Å²) in [6.07, 6.45) is 1.77. The zero-order valence-corrected chi connectivity index (χ0v) is 21.1. The number of hydrogen-bond acceptors (Lipinski definition) is 5. The molecule has 1 fully saturated rings. The van der Waals surface area contributed by atoms with Crippen molar-refractivity contribution < 1.29 is 9.21 Å². The van der Waals surface area contributed by atoms with Crippen LogP contribution < -0.4 is 4.90 Å². The van der Waals surface area contributed by atoms with Crippen molar-refractivity contribution in [3.8, 4) is 11.3 Å². The van der Waals surface area contributed by atoms with Crippen LogP contribution in [0.4, 0.5) is 5.69 Å². The second-order valence-corrected chi connectivity index (χ2v) is 10.3. The summed E-state index contributed by atoms with van der Waals surface area (Å²) in [5.41, 5.74) is 3.19. The molecule has 2 aliphatic rings. The topological polar surface area (TPSA) is 49.0 Å². The minimum absolute atomic E-state index is 0.218. The van der Waals surface area contributed by atoms with Gasteiger partial charge in [0.2, 0.25) is 0 Å². The van der Waals surface area contributed by atoms with Gasteiger partial charge in [-0.15, -0.1) is 0 Å². The van der Waals surface area contributed by atoms with E-state index in [0.717, 1.165) is 63.4 Å². The highest BCUT2D eigenvalue weighted by Crippen LogP contribution is 2.33. The van der Waals surface area contributed by atoms with E-state index in [9.17, 15) is 4.79 Å². The van der Waals surface area contributed by atoms with Gasteiger partial charge in [-0.2, -0.15) is 4.99 Å². The number of rotatable bonds is 3. The Balaban J connectivity index is 1.23. The molecule has 0 atom stereocenters. The first kappa shape index (κ1) is 22.3. The minimum atomic E-state index is -0.218. The normalized spacial score (nSPS) is 17.7. The van der Waals surface area contributed by atoms with Gasteiger partial charge in [0.15, 0.2) is 5.17 Å². The van der Waals surface area contributed by atoms with Gasteiger partial charge >= 0.3 is 0 Å². The quantitative estimate of drug-likeness (QED) is 0.355. The zero-order valence-electron chi connectivity index (χ0n) is 17.9. The Morgan fingerprint density at radius 2 is 1.76 bits per heavy atom. The maximum absolute atomic E-state index is 12.5. The number of carbonyl (C=O) groups excluding carboxylic acids is 1. The van der Waals surface area contributed by atoms with E-state index in [1.54, 1.807) is 6.08 Å². The molecule has 0 unspecified atom stereocenters. The highest BCUT2D eigenvalue weighted by molar-refractivity contribution is 9.10. The second kappa shape index (κ2) is 9.41. The fourth-order valence-electron chi connectivity index (χ4n) is 3.80. The van der Waals surface area contributed by atoms with Crippen LogP contribution in [0.5, 0.6) is 0 Å². The van der Waals surface area contributed by atoms with Crippen LogP contribution in [-0.4, -0.2) is 42.2 Å². The number of amidine groups is 1. The van der Waals surface area contributed by atoms with Gasteiger partial charge in [0.05, 0.1) is 4.91 Å². The first-order valence-corrected chi connectivity index (χ1v) is 12.6. The predicted octanol–water partition coefficient (Wildman–Crippen LogP) is 6.46. The van der Waals surface area contributed by atoms with Crippen molar-refractivity contribution in [1.29, 1.82) is 0 Å². The molecule has 168 valence electrons. The molecule has 2 aromatic carbocycles. The van der Waals surface area contributed by atoms with E-state index in [1.807, 2.05) is 55.5 Å². The largest absolute Gasteiger partial charge is 0.457 e. The molecule has 0 saturated carbocycles. The van der Waals surface area contributed by atoms with Gasteiger partial charge in [-0.3, -0.25) is 4.79 Å². The standard InChI is InChI=1S/C25H21BrClN3O2S/c1-16-2-7-19(14-21(16)27)29-10-12-30(13-11-29)25-28-24(31)23(33-25)15-20-8-9-22(32-20)17-3-5-18(26)6-4-17/h2-9,14-15H,10-13H2,1H3. The monoisotopic (exact) mass is 541 g/mol. The highest BCUT2D eigenvalue weighted by atomic mass is 79.9. The summed E-state index contributed by atoms with van der Waals surface area (Å²) in [6.45, 7) is 5.30. The molecule has 1 saturated heterocycles. The number of aryl methyl sites for hydroxylation is 1. The van der Waals surface area contributed by atoms with Crippen LogP contribution in [0.2, 0.25) is 5.02 Å². The Morgan fingerprint density at radius 3 is 2.48 bits per heavy atom. The number of halogens is 2. The average molecular weight is 543 g/mol. The third kappa shape index (κ3) is 4.90. The molecule has 1 aromatic heterocycles. The Bertz CT molecular complexity index is 1260. The van der Waals surface area contributed by atoms with Crippen molar-refractivity contribution in [3.63, 3.8) is 0 Å². The molecular weight excluding hydrogens is 522 g/mol. The van der Waals surface area contributed by atoms with Crippen LogP contribution in [0.3, 0.4) is 0 Å². The average Bonchev–Trinajstić information content (AvgIpc) is 3.43. The molecule has 3 aromatic rings. The summed E-state index contributed by atoms with van der Waals surface area (Å²) in [4.78, 5) is 21.9. The molecule has 0 spiro atoms. The molecule has 0 bridgehead atoms. The lowest BCUT2D eigenvalue weighted by atomic mass is 10.2. The number of amides is 1. The summed E-state index contributed by atoms with van der Waals surface area (Å²) in [5, 5.41) is 1.54. The highest BCUT2D eigenvalue weighted by Gasteiger charge is 2.29. The van der Waals surface area contributed by atoms with E-state index < -0.39 is 0 Å². The van der Waals surface area contributed by atoms with Crippen LogP contribution in [0.15, 0.2) is 73.4 Å². The van der Waals surface area contributed by atoms with Gasteiger partial charge in [0.25, 0.3) is 5.91 Å². The summed E-state index contributed by atoms with van der Waals surface area (Å²) in [6, 6.07) is 17.9. The molecular formula is C25H21BrClN3O2S. The van der Waals surface area contributed by atoms with Crippen LogP contribution in [0.1, 0.15) is 11.3 Å². The van der Waals surface area contributed by atoms with Crippen LogP contribution in [0, 0.1) is 6.92 Å². The maximum Gasteiger partial charge on any atom is 0.286 e. The van der Waals surface area contributed by atoms with E-state index in [4.69, 9.17) is 16.0 Å². The summed E-state index contributed by atoms with van der Waals surface area (Å²) < 4.78 is 6.96. The molecule has 1 amide bonds. The molecule has 33 heavy (non-hydrogen) atoms. The Hall–Kier alpha value is -2.48. The number of hydrogen-bond donors (Lipinski definition) is 0. The van der Waals surface area contributed by atoms with Crippen molar-refractivity contribution in [2.45, 2.75) is 6.92 Å². The lowest BCUT2D eigenvalue weighted by molar-refractivity contribution is -0.113. The van der Waals surface area contributed by atoms with Crippen molar-refractivity contribution in [2.24, 2.45) is 4.99 Å². The van der Waals surface area contributed by atoms with E-state index in [2.05, 4.69) is 36.8 Å². The number of thioether (sulfide) groups is 1. The van der Waals surface area contributed by atoms with Crippen LogP contribution >= 0.6 is 39.3 Å². The zero-order chi connectivity index (χ0) is 22.9. The number of aliphatic imine (C=N–C) groups is 1. The molecule has 0 radical (unpaired) electrons. The van der Waals surface area contributed by atoms with Crippen LogP contribution in [-0.2, 0) is 4.79 Å². The van der Waals surface area contributed by atoms with Crippen molar-refractivity contribution in [1.82, 2.24) is 4.90 Å². The summed E-state index contributed by atoms with van der Waals surface area (Å²) in [7, 11) is 0. The number of nitrogens with zero attached hydrogens (tertiary/aromatic N) is 3.